The molecule has 0 aliphatic rings. The van der Waals surface area contributed by atoms with Crippen molar-refractivity contribution in [2.75, 3.05) is 5.73 Å². The molecule has 4 heteroatoms. The van der Waals surface area contributed by atoms with Crippen LogP contribution in [-0.2, 0) is 0 Å². The van der Waals surface area contributed by atoms with Gasteiger partial charge in [0.05, 0.1) is 0 Å². The van der Waals surface area contributed by atoms with E-state index < -0.39 is 0 Å². The van der Waals surface area contributed by atoms with Crippen molar-refractivity contribution >= 4 is 33.4 Å². The molecule has 0 aliphatic carbocycles. The Kier molecular flexibility index (Phi) is 3.74. The molecule has 0 saturated heterocycles. The summed E-state index contributed by atoms with van der Waals surface area (Å²) >= 11 is 4.99. The highest BCUT2D eigenvalue weighted by Gasteiger charge is 2.04. The molecule has 1 aromatic carbocycles. The predicted molar refractivity (Wildman–Crippen MR) is 76.4 cm³/mol. The summed E-state index contributed by atoms with van der Waals surface area (Å²) in [7, 11) is 0. The number of benzene rings is 1. The molecule has 2 aromatic rings. The highest BCUT2D eigenvalue weighted by atomic mass is 79.9. The number of hydrogen-bond donors (Lipinski definition) is 1. The number of nitrogens with zero attached hydrogens (tertiary/aromatic N) is 1. The van der Waals surface area contributed by atoms with E-state index in [9.17, 15) is 0 Å². The summed E-state index contributed by atoms with van der Waals surface area (Å²) < 4.78 is 0.993. The van der Waals surface area contributed by atoms with Crippen molar-refractivity contribution in [3.05, 3.63) is 46.1 Å². The smallest absolute Gasteiger partial charge is 0.101 e. The monoisotopic (exact) mass is 308 g/mol. The Hall–Kier alpha value is -1.00. The average Bonchev–Trinajstić information content (AvgIpc) is 2.21. The molecule has 2 N–H and O–H groups in total. The van der Waals surface area contributed by atoms with Crippen LogP contribution in [0.5, 0.6) is 0 Å². The molecular weight excluding hydrogens is 296 g/mol. The number of aromatic nitrogens is 1. The summed E-state index contributed by atoms with van der Waals surface area (Å²) in [5.41, 5.74) is 8.98. The quantitative estimate of drug-likeness (QED) is 0.845. The summed E-state index contributed by atoms with van der Waals surface area (Å²) in [5.74, 6) is 0. The van der Waals surface area contributed by atoms with Crippen LogP contribution in [0.2, 0.25) is 0 Å². The van der Waals surface area contributed by atoms with Gasteiger partial charge >= 0.3 is 0 Å². The van der Waals surface area contributed by atoms with Gasteiger partial charge in [0.1, 0.15) is 5.03 Å². The molecule has 0 fully saturated rings. The van der Waals surface area contributed by atoms with Gasteiger partial charge in [0.25, 0.3) is 0 Å². The molecular formula is C13H13BrN2S. The van der Waals surface area contributed by atoms with Gasteiger partial charge in [-0.3, -0.25) is 0 Å². The minimum Gasteiger partial charge on any atom is -0.398 e. The van der Waals surface area contributed by atoms with Crippen LogP contribution in [0, 0.1) is 13.8 Å². The molecule has 2 nitrogen and oxygen atoms in total. The van der Waals surface area contributed by atoms with E-state index in [1.54, 1.807) is 11.8 Å². The molecule has 1 heterocycles. The molecule has 1 aromatic heterocycles. The van der Waals surface area contributed by atoms with E-state index >= 15 is 0 Å². The van der Waals surface area contributed by atoms with E-state index in [1.807, 2.05) is 25.1 Å². The topological polar surface area (TPSA) is 38.9 Å². The third kappa shape index (κ3) is 3.23. The Balaban J connectivity index is 2.31. The number of hydrogen-bond acceptors (Lipinski definition) is 3. The van der Waals surface area contributed by atoms with Crippen molar-refractivity contribution in [2.24, 2.45) is 0 Å². The summed E-state index contributed by atoms with van der Waals surface area (Å²) in [6, 6.07) is 10.0. The average molecular weight is 309 g/mol. The van der Waals surface area contributed by atoms with Crippen molar-refractivity contribution in [1.82, 2.24) is 4.98 Å². The van der Waals surface area contributed by atoms with Gasteiger partial charge in [0, 0.05) is 20.7 Å². The molecule has 0 aliphatic heterocycles. The van der Waals surface area contributed by atoms with Gasteiger partial charge in [-0.05, 0) is 49.7 Å². The SMILES string of the molecule is Cc1cc(C)nc(Sc2ccc(Br)cc2N)c1. The molecule has 2 rings (SSSR count). The minimum absolute atomic E-state index is 0.769. The normalized spacial score (nSPS) is 10.5. The maximum atomic E-state index is 5.97. The fraction of sp³-hybridized carbons (Fsp3) is 0.154. The zero-order valence-corrected chi connectivity index (χ0v) is 12.1. The lowest BCUT2D eigenvalue weighted by Crippen LogP contribution is -1.90. The molecule has 0 atom stereocenters. The fourth-order valence-corrected chi connectivity index (χ4v) is 2.93. The Morgan fingerprint density at radius 1 is 1.18 bits per heavy atom. The maximum absolute atomic E-state index is 5.97. The number of rotatable bonds is 2. The van der Waals surface area contributed by atoms with Gasteiger partial charge in [-0.15, -0.1) is 0 Å². The van der Waals surface area contributed by atoms with Gasteiger partial charge in [-0.25, -0.2) is 4.98 Å². The lowest BCUT2D eigenvalue weighted by atomic mass is 10.3. The van der Waals surface area contributed by atoms with Crippen molar-refractivity contribution in [1.29, 1.82) is 0 Å². The van der Waals surface area contributed by atoms with E-state index in [2.05, 4.69) is 40.0 Å². The second kappa shape index (κ2) is 5.10. The summed E-state index contributed by atoms with van der Waals surface area (Å²) in [6.45, 7) is 4.08. The van der Waals surface area contributed by atoms with E-state index in [-0.39, 0.29) is 0 Å². The number of nitrogen functional groups attached to an aromatic ring is 1. The van der Waals surface area contributed by atoms with Crippen LogP contribution in [0.15, 0.2) is 44.7 Å². The first kappa shape index (κ1) is 12.5. The number of pyridine rings is 1. The zero-order valence-electron chi connectivity index (χ0n) is 9.70. The van der Waals surface area contributed by atoms with Crippen LogP contribution in [0.4, 0.5) is 5.69 Å². The molecule has 0 saturated carbocycles. The van der Waals surface area contributed by atoms with Crippen LogP contribution in [-0.4, -0.2) is 4.98 Å². The lowest BCUT2D eigenvalue weighted by molar-refractivity contribution is 1.05. The number of halogens is 1. The molecule has 17 heavy (non-hydrogen) atoms. The Morgan fingerprint density at radius 2 is 1.94 bits per heavy atom. The number of nitrogens with two attached hydrogens (primary N) is 1. The van der Waals surface area contributed by atoms with Crippen LogP contribution in [0.25, 0.3) is 0 Å². The van der Waals surface area contributed by atoms with Crippen LogP contribution < -0.4 is 5.73 Å². The van der Waals surface area contributed by atoms with Gasteiger partial charge in [-0.1, -0.05) is 27.7 Å². The van der Waals surface area contributed by atoms with Crippen LogP contribution >= 0.6 is 27.7 Å². The Morgan fingerprint density at radius 3 is 2.59 bits per heavy atom. The minimum atomic E-state index is 0.769. The largest absolute Gasteiger partial charge is 0.398 e. The van der Waals surface area contributed by atoms with E-state index in [1.165, 1.54) is 5.56 Å². The van der Waals surface area contributed by atoms with Crippen molar-refractivity contribution in [3.63, 3.8) is 0 Å². The van der Waals surface area contributed by atoms with Crippen molar-refractivity contribution in [3.8, 4) is 0 Å². The van der Waals surface area contributed by atoms with Crippen molar-refractivity contribution in [2.45, 2.75) is 23.8 Å². The zero-order chi connectivity index (χ0) is 12.4. The summed E-state index contributed by atoms with van der Waals surface area (Å²) in [4.78, 5) is 5.52. The van der Waals surface area contributed by atoms with Gasteiger partial charge in [-0.2, -0.15) is 0 Å². The van der Waals surface area contributed by atoms with Gasteiger partial charge in [0.15, 0.2) is 0 Å². The number of aryl methyl sites for hydroxylation is 2. The third-order valence-electron chi connectivity index (χ3n) is 2.26. The van der Waals surface area contributed by atoms with Crippen LogP contribution in [0.3, 0.4) is 0 Å². The van der Waals surface area contributed by atoms with Gasteiger partial charge < -0.3 is 5.73 Å². The lowest BCUT2D eigenvalue weighted by Gasteiger charge is -2.06. The molecule has 0 spiro atoms. The number of anilines is 1. The standard InChI is InChI=1S/C13H13BrN2S/c1-8-5-9(2)16-13(6-8)17-12-4-3-10(14)7-11(12)15/h3-7H,15H2,1-2H3. The maximum Gasteiger partial charge on any atom is 0.101 e. The molecule has 88 valence electrons. The second-order valence-corrected chi connectivity index (χ2v) is 5.89. The van der Waals surface area contributed by atoms with Crippen LogP contribution in [0.1, 0.15) is 11.3 Å². The van der Waals surface area contributed by atoms with Crippen molar-refractivity contribution < 1.29 is 0 Å². The van der Waals surface area contributed by atoms with E-state index in [0.29, 0.717) is 0 Å². The fourth-order valence-electron chi connectivity index (χ4n) is 1.58. The summed E-state index contributed by atoms with van der Waals surface area (Å²) in [6.07, 6.45) is 0. The first-order valence-corrected chi connectivity index (χ1v) is 6.84. The molecule has 0 bridgehead atoms. The first-order chi connectivity index (χ1) is 8.04. The Labute approximate surface area is 114 Å². The molecule has 0 amide bonds. The van der Waals surface area contributed by atoms with E-state index in [0.717, 1.165) is 25.8 Å². The molecule has 0 unspecified atom stereocenters. The summed E-state index contributed by atoms with van der Waals surface area (Å²) in [5, 5.41) is 0.983. The first-order valence-electron chi connectivity index (χ1n) is 5.23. The Bertz CT molecular complexity index is 535. The van der Waals surface area contributed by atoms with Gasteiger partial charge in [0.2, 0.25) is 0 Å². The third-order valence-corrected chi connectivity index (χ3v) is 3.76. The highest BCUT2D eigenvalue weighted by molar-refractivity contribution is 9.10. The predicted octanol–water partition coefficient (Wildman–Crippen LogP) is 4.19. The van der Waals surface area contributed by atoms with E-state index in [4.69, 9.17) is 5.73 Å². The second-order valence-electron chi connectivity index (χ2n) is 3.91. The highest BCUT2D eigenvalue weighted by Crippen LogP contribution is 2.32. The molecule has 0 radical (unpaired) electrons.